The highest BCUT2D eigenvalue weighted by Gasteiger charge is 2.47. The van der Waals surface area contributed by atoms with Crippen LogP contribution in [0, 0.1) is 0 Å². The Labute approximate surface area is 210 Å². The molecule has 1 saturated heterocycles. The molecule has 1 aliphatic rings. The van der Waals surface area contributed by atoms with Crippen LogP contribution in [0.5, 0.6) is 5.75 Å². The van der Waals surface area contributed by atoms with E-state index in [4.69, 9.17) is 23.4 Å². The maximum atomic E-state index is 12.7. The molecular formula is C26H24O9S. The van der Waals surface area contributed by atoms with Crippen LogP contribution < -0.4 is 10.2 Å². The first-order valence-electron chi connectivity index (χ1n) is 11.1. The molecule has 0 saturated carbocycles. The molecule has 0 radical (unpaired) electrons. The van der Waals surface area contributed by atoms with Crippen molar-refractivity contribution >= 4 is 40.6 Å². The number of carbonyl (C=O) groups is 3. The molecule has 3 aromatic rings. The second-order valence-corrected chi connectivity index (χ2v) is 9.25. The van der Waals surface area contributed by atoms with Gasteiger partial charge in [-0.3, -0.25) is 19.2 Å². The van der Waals surface area contributed by atoms with Gasteiger partial charge in [-0.1, -0.05) is 30.3 Å². The Morgan fingerprint density at radius 2 is 1.53 bits per heavy atom. The number of hydrogen-bond donors (Lipinski definition) is 0. The Bertz CT molecular complexity index is 1330. The monoisotopic (exact) mass is 512 g/mol. The van der Waals surface area contributed by atoms with Crippen molar-refractivity contribution in [1.29, 1.82) is 0 Å². The molecule has 0 bridgehead atoms. The van der Waals surface area contributed by atoms with Crippen LogP contribution in [0.1, 0.15) is 20.8 Å². The van der Waals surface area contributed by atoms with Crippen LogP contribution in [0.4, 0.5) is 0 Å². The van der Waals surface area contributed by atoms with E-state index in [0.29, 0.717) is 22.5 Å². The molecule has 4 rings (SSSR count). The smallest absolute Gasteiger partial charge is 0.303 e. The summed E-state index contributed by atoms with van der Waals surface area (Å²) < 4.78 is 28.3. The summed E-state index contributed by atoms with van der Waals surface area (Å²) >= 11 is 1.24. The minimum Gasteiger partial charge on any atom is -0.476 e. The van der Waals surface area contributed by atoms with E-state index in [0.717, 1.165) is 5.56 Å². The van der Waals surface area contributed by atoms with Crippen LogP contribution in [0.15, 0.2) is 63.8 Å². The van der Waals surface area contributed by atoms with Gasteiger partial charge in [0, 0.05) is 44.2 Å². The van der Waals surface area contributed by atoms with E-state index in [-0.39, 0.29) is 11.2 Å². The third kappa shape index (κ3) is 5.88. The van der Waals surface area contributed by atoms with Gasteiger partial charge in [0.05, 0.1) is 5.39 Å². The molecule has 4 atom stereocenters. The molecular weight excluding hydrogens is 488 g/mol. The molecule has 1 aromatic heterocycles. The topological polar surface area (TPSA) is 118 Å². The van der Waals surface area contributed by atoms with E-state index >= 15 is 0 Å². The molecule has 0 amide bonds. The van der Waals surface area contributed by atoms with E-state index in [1.54, 1.807) is 18.2 Å². The molecule has 36 heavy (non-hydrogen) atoms. The van der Waals surface area contributed by atoms with Gasteiger partial charge in [-0.25, -0.2) is 0 Å². The van der Waals surface area contributed by atoms with Crippen LogP contribution in [0.2, 0.25) is 0 Å². The number of benzene rings is 2. The van der Waals surface area contributed by atoms with Crippen molar-refractivity contribution < 1.29 is 37.7 Å². The summed E-state index contributed by atoms with van der Waals surface area (Å²) in [6.45, 7) is 3.67. The first kappa shape index (κ1) is 25.3. The van der Waals surface area contributed by atoms with Gasteiger partial charge in [-0.2, -0.15) is 0 Å². The van der Waals surface area contributed by atoms with Crippen molar-refractivity contribution in [1.82, 2.24) is 0 Å². The number of ether oxygens (including phenoxy) is 4. The lowest BCUT2D eigenvalue weighted by molar-refractivity contribution is -0.186. The predicted molar refractivity (Wildman–Crippen MR) is 131 cm³/mol. The van der Waals surface area contributed by atoms with Crippen LogP contribution in [-0.4, -0.2) is 47.4 Å². The SMILES string of the molecule is CC(=O)O[C@@H]1[C@@H](OC(C)=O)[C@@H](Oc2ccc3c(=O)cc(-c4ccccc4)oc3c2)SC[C@H]1OC(C)=O. The maximum Gasteiger partial charge on any atom is 0.303 e. The zero-order valence-corrected chi connectivity index (χ0v) is 20.6. The van der Waals surface area contributed by atoms with Gasteiger partial charge >= 0.3 is 17.9 Å². The number of carbonyl (C=O) groups excluding carboxylic acids is 3. The van der Waals surface area contributed by atoms with Gasteiger partial charge in [-0.15, -0.1) is 11.8 Å². The molecule has 9 nitrogen and oxygen atoms in total. The van der Waals surface area contributed by atoms with E-state index in [2.05, 4.69) is 0 Å². The molecule has 1 fully saturated rings. The standard InChI is InChI=1S/C26H24O9S/c1-14(27)31-23-13-36-26(25(33-16(3)29)24(23)32-15(2)28)34-18-9-10-19-20(30)12-21(35-22(19)11-18)17-7-5-4-6-8-17/h4-12,23-26H,13H2,1-3H3/t23-,24+,25-,26+/m1/s1. The van der Waals surface area contributed by atoms with E-state index in [9.17, 15) is 19.2 Å². The number of esters is 3. The van der Waals surface area contributed by atoms with Crippen molar-refractivity contribution in [2.24, 2.45) is 0 Å². The second kappa shape index (κ2) is 10.9. The lowest BCUT2D eigenvalue weighted by atomic mass is 10.1. The zero-order valence-electron chi connectivity index (χ0n) is 19.8. The molecule has 188 valence electrons. The first-order valence-corrected chi connectivity index (χ1v) is 12.2. The van der Waals surface area contributed by atoms with Crippen LogP contribution >= 0.6 is 11.8 Å². The quantitative estimate of drug-likeness (QED) is 0.357. The summed E-state index contributed by atoms with van der Waals surface area (Å²) in [4.78, 5) is 47.9. The van der Waals surface area contributed by atoms with E-state index < -0.39 is 41.7 Å². The predicted octanol–water partition coefficient (Wildman–Crippen LogP) is 3.71. The molecule has 0 N–H and O–H groups in total. The minimum absolute atomic E-state index is 0.203. The number of hydrogen-bond acceptors (Lipinski definition) is 10. The normalized spacial score (nSPS) is 21.4. The average Bonchev–Trinajstić information content (AvgIpc) is 2.82. The van der Waals surface area contributed by atoms with Crippen molar-refractivity contribution in [3.8, 4) is 17.1 Å². The Kier molecular flexibility index (Phi) is 7.64. The van der Waals surface area contributed by atoms with Crippen molar-refractivity contribution in [3.63, 3.8) is 0 Å². The largest absolute Gasteiger partial charge is 0.476 e. The minimum atomic E-state index is -1.07. The van der Waals surface area contributed by atoms with Gasteiger partial charge in [0.25, 0.3) is 0 Å². The fourth-order valence-corrected chi connectivity index (χ4v) is 5.11. The summed E-state index contributed by atoms with van der Waals surface area (Å²) in [7, 11) is 0. The molecule has 10 heteroatoms. The fraction of sp³-hybridized carbons (Fsp3) is 0.308. The number of thioether (sulfide) groups is 1. The Balaban J connectivity index is 1.66. The van der Waals surface area contributed by atoms with Gasteiger partial charge < -0.3 is 23.4 Å². The third-order valence-corrected chi connectivity index (χ3v) is 6.53. The van der Waals surface area contributed by atoms with E-state index in [1.165, 1.54) is 38.6 Å². The number of fused-ring (bicyclic) bond motifs is 1. The van der Waals surface area contributed by atoms with Crippen LogP contribution in [-0.2, 0) is 28.6 Å². The molecule has 0 spiro atoms. The molecule has 0 unspecified atom stereocenters. The van der Waals surface area contributed by atoms with Gasteiger partial charge in [0.15, 0.2) is 29.2 Å². The number of rotatable bonds is 6. The Morgan fingerprint density at radius 1 is 0.861 bits per heavy atom. The molecule has 0 aliphatic carbocycles. The van der Waals surface area contributed by atoms with E-state index in [1.807, 2.05) is 30.3 Å². The summed E-state index contributed by atoms with van der Waals surface area (Å²) in [6, 6.07) is 15.4. The molecule has 2 heterocycles. The van der Waals surface area contributed by atoms with Gasteiger partial charge in [-0.05, 0) is 12.1 Å². The summed E-state index contributed by atoms with van der Waals surface area (Å²) in [5, 5.41) is 0.377. The highest BCUT2D eigenvalue weighted by atomic mass is 32.2. The van der Waals surface area contributed by atoms with Crippen LogP contribution in [0.3, 0.4) is 0 Å². The van der Waals surface area contributed by atoms with Crippen molar-refractivity contribution in [2.75, 3.05) is 5.75 Å². The summed E-state index contributed by atoms with van der Waals surface area (Å²) in [5.74, 6) is -0.807. The second-order valence-electron chi connectivity index (χ2n) is 8.11. The highest BCUT2D eigenvalue weighted by molar-refractivity contribution is 7.99. The van der Waals surface area contributed by atoms with Crippen molar-refractivity contribution in [2.45, 2.75) is 44.5 Å². The van der Waals surface area contributed by atoms with Crippen LogP contribution in [0.25, 0.3) is 22.3 Å². The zero-order chi connectivity index (χ0) is 25.8. The fourth-order valence-electron chi connectivity index (χ4n) is 3.90. The first-order chi connectivity index (χ1) is 17.2. The molecule has 2 aromatic carbocycles. The summed E-state index contributed by atoms with van der Waals surface area (Å²) in [5.41, 5.74) is 0.0662. The van der Waals surface area contributed by atoms with Gasteiger partial charge in [0.2, 0.25) is 0 Å². The lowest BCUT2D eigenvalue weighted by Gasteiger charge is -2.39. The molecule has 1 aliphatic heterocycles. The summed E-state index contributed by atoms with van der Waals surface area (Å²) in [6.07, 6.45) is -2.96. The Hall–Kier alpha value is -3.79. The van der Waals surface area contributed by atoms with Gasteiger partial charge in [0.1, 0.15) is 17.1 Å². The maximum absolute atomic E-state index is 12.7. The van der Waals surface area contributed by atoms with Crippen molar-refractivity contribution in [3.05, 3.63) is 64.8 Å². The third-order valence-electron chi connectivity index (χ3n) is 5.32. The lowest BCUT2D eigenvalue weighted by Crippen LogP contribution is -2.55. The highest BCUT2D eigenvalue weighted by Crippen LogP contribution is 2.35. The Morgan fingerprint density at radius 3 is 2.19 bits per heavy atom. The average molecular weight is 513 g/mol.